The summed E-state index contributed by atoms with van der Waals surface area (Å²) in [5.41, 5.74) is 1.91. The van der Waals surface area contributed by atoms with Gasteiger partial charge in [-0.05, 0) is 30.3 Å². The van der Waals surface area contributed by atoms with Crippen LogP contribution in [0.25, 0.3) is 0 Å². The molecule has 1 aromatic rings. The fourth-order valence-corrected chi connectivity index (χ4v) is 3.05. The number of carbonyl (C=O) groups is 1. The molecule has 0 amide bonds. The Morgan fingerprint density at radius 2 is 2.14 bits per heavy atom. The predicted octanol–water partition coefficient (Wildman–Crippen LogP) is 3.74. The molecule has 118 valence electrons. The van der Waals surface area contributed by atoms with E-state index in [4.69, 9.17) is 40.2 Å². The summed E-state index contributed by atoms with van der Waals surface area (Å²) < 4.78 is 4.93. The number of benzene rings is 1. The van der Waals surface area contributed by atoms with Gasteiger partial charge in [0.2, 0.25) is 0 Å². The van der Waals surface area contributed by atoms with Gasteiger partial charge in [0.05, 0.1) is 28.8 Å². The number of esters is 1. The first-order valence-electron chi connectivity index (χ1n) is 6.82. The Hall–Kier alpha value is -1.30. The van der Waals surface area contributed by atoms with Crippen LogP contribution in [0.15, 0.2) is 29.5 Å². The van der Waals surface area contributed by atoms with E-state index < -0.39 is 12.0 Å². The molecule has 0 spiro atoms. The molecule has 0 saturated carbocycles. The average Bonchev–Trinajstić information content (AvgIpc) is 2.49. The minimum atomic E-state index is -0.492. The Morgan fingerprint density at radius 1 is 1.41 bits per heavy atom. The first kappa shape index (κ1) is 17.1. The van der Waals surface area contributed by atoms with Crippen LogP contribution >= 0.6 is 35.4 Å². The van der Waals surface area contributed by atoms with E-state index in [1.807, 2.05) is 13.0 Å². The fourth-order valence-electron chi connectivity index (χ4n) is 2.39. The summed E-state index contributed by atoms with van der Waals surface area (Å²) in [4.78, 5) is 12.3. The Bertz CT molecular complexity index is 646. The molecule has 4 nitrogen and oxygen atoms in total. The van der Waals surface area contributed by atoms with E-state index in [0.29, 0.717) is 32.7 Å². The SMILES string of the molecule is CCCC1=C(C(=O)OC)[C@@H](c2cccc(Cl)c2Cl)NC(=S)N1. The van der Waals surface area contributed by atoms with Crippen LogP contribution in [0.4, 0.5) is 0 Å². The lowest BCUT2D eigenvalue weighted by Crippen LogP contribution is -2.45. The van der Waals surface area contributed by atoms with Crippen molar-refractivity contribution < 1.29 is 9.53 Å². The molecule has 1 aromatic carbocycles. The van der Waals surface area contributed by atoms with Crippen LogP contribution in [0, 0.1) is 0 Å². The van der Waals surface area contributed by atoms with Crippen LogP contribution in [-0.4, -0.2) is 18.2 Å². The lowest BCUT2D eigenvalue weighted by Gasteiger charge is -2.31. The Balaban J connectivity index is 2.59. The van der Waals surface area contributed by atoms with Gasteiger partial charge in [0.15, 0.2) is 5.11 Å². The molecule has 0 bridgehead atoms. The van der Waals surface area contributed by atoms with Gasteiger partial charge in [-0.25, -0.2) is 4.79 Å². The molecule has 7 heteroatoms. The highest BCUT2D eigenvalue weighted by molar-refractivity contribution is 7.80. The van der Waals surface area contributed by atoms with Crippen LogP contribution in [0.5, 0.6) is 0 Å². The number of allylic oxidation sites excluding steroid dienone is 1. The zero-order valence-electron chi connectivity index (χ0n) is 12.2. The number of rotatable bonds is 4. The molecule has 0 aromatic heterocycles. The summed E-state index contributed by atoms with van der Waals surface area (Å²) in [7, 11) is 1.35. The number of carbonyl (C=O) groups excluding carboxylic acids is 1. The Morgan fingerprint density at radius 3 is 2.77 bits per heavy atom. The van der Waals surface area contributed by atoms with E-state index in [1.165, 1.54) is 7.11 Å². The summed E-state index contributed by atoms with van der Waals surface area (Å²) in [6, 6.07) is 4.80. The molecule has 22 heavy (non-hydrogen) atoms. The van der Waals surface area contributed by atoms with E-state index in [9.17, 15) is 4.79 Å². The number of ether oxygens (including phenoxy) is 1. The molecule has 0 radical (unpaired) electrons. The summed E-state index contributed by atoms with van der Waals surface area (Å²) >= 11 is 17.6. The molecule has 2 N–H and O–H groups in total. The third-order valence-corrected chi connectivity index (χ3v) is 4.40. The number of thiocarbonyl (C=S) groups is 1. The lowest BCUT2D eigenvalue weighted by molar-refractivity contribution is -0.136. The van der Waals surface area contributed by atoms with Gasteiger partial charge in [-0.2, -0.15) is 0 Å². The predicted molar refractivity (Wildman–Crippen MR) is 92.0 cm³/mol. The maximum atomic E-state index is 12.3. The largest absolute Gasteiger partial charge is 0.466 e. The third kappa shape index (κ3) is 3.37. The highest BCUT2D eigenvalue weighted by Gasteiger charge is 2.33. The van der Waals surface area contributed by atoms with Crippen LogP contribution in [-0.2, 0) is 9.53 Å². The first-order valence-corrected chi connectivity index (χ1v) is 7.98. The highest BCUT2D eigenvalue weighted by Crippen LogP contribution is 2.36. The molecular weight excluding hydrogens is 343 g/mol. The second-order valence-electron chi connectivity index (χ2n) is 4.81. The van der Waals surface area contributed by atoms with Gasteiger partial charge in [-0.3, -0.25) is 0 Å². The van der Waals surface area contributed by atoms with E-state index in [2.05, 4.69) is 10.6 Å². The van der Waals surface area contributed by atoms with Gasteiger partial charge >= 0.3 is 5.97 Å². The molecule has 0 fully saturated rings. The van der Waals surface area contributed by atoms with Crippen LogP contribution in [0.3, 0.4) is 0 Å². The zero-order valence-corrected chi connectivity index (χ0v) is 14.5. The standard InChI is InChI=1S/C15H16Cl2N2O2S/c1-3-5-10-11(14(20)21-2)13(19-15(22)18-10)8-6-4-7-9(16)12(8)17/h4,6-7,13H,3,5H2,1-2H3,(H2,18,19,22)/t13-/m1/s1. The van der Waals surface area contributed by atoms with Crippen molar-refractivity contribution in [1.82, 2.24) is 10.6 Å². The normalized spacial score (nSPS) is 17.8. The van der Waals surface area contributed by atoms with Gasteiger partial charge in [0.25, 0.3) is 0 Å². The molecule has 1 atom stereocenters. The summed E-state index contributed by atoms with van der Waals surface area (Å²) in [5, 5.41) is 7.37. The number of halogens is 2. The quantitative estimate of drug-likeness (QED) is 0.634. The minimum absolute atomic E-state index is 0.392. The maximum absolute atomic E-state index is 12.3. The van der Waals surface area contributed by atoms with Crippen molar-refractivity contribution in [3.8, 4) is 0 Å². The summed E-state index contributed by atoms with van der Waals surface area (Å²) in [6.45, 7) is 2.02. The fraction of sp³-hybridized carbons (Fsp3) is 0.333. The maximum Gasteiger partial charge on any atom is 0.337 e. The van der Waals surface area contributed by atoms with Crippen molar-refractivity contribution in [2.45, 2.75) is 25.8 Å². The average molecular weight is 359 g/mol. The van der Waals surface area contributed by atoms with Gasteiger partial charge in [0, 0.05) is 5.70 Å². The van der Waals surface area contributed by atoms with Gasteiger partial charge in [0.1, 0.15) is 0 Å². The summed E-state index contributed by atoms with van der Waals surface area (Å²) in [5.74, 6) is -0.424. The molecule has 0 aliphatic carbocycles. The summed E-state index contributed by atoms with van der Waals surface area (Å²) in [6.07, 6.45) is 1.54. The van der Waals surface area contributed by atoms with E-state index in [1.54, 1.807) is 12.1 Å². The Labute approximate surface area is 144 Å². The van der Waals surface area contributed by atoms with E-state index >= 15 is 0 Å². The molecule has 2 rings (SSSR count). The van der Waals surface area contributed by atoms with Gasteiger partial charge in [-0.1, -0.05) is 48.7 Å². The molecule has 1 heterocycles. The van der Waals surface area contributed by atoms with Crippen molar-refractivity contribution in [2.75, 3.05) is 7.11 Å². The molecule has 0 saturated heterocycles. The van der Waals surface area contributed by atoms with Crippen LogP contribution in [0.2, 0.25) is 10.0 Å². The number of nitrogens with one attached hydrogen (secondary N) is 2. The Kier molecular flexibility index (Phi) is 5.67. The van der Waals surface area contributed by atoms with E-state index in [-0.39, 0.29) is 0 Å². The molecule has 0 unspecified atom stereocenters. The molecule has 1 aliphatic heterocycles. The van der Waals surface area contributed by atoms with Crippen molar-refractivity contribution >= 4 is 46.5 Å². The topological polar surface area (TPSA) is 50.4 Å². The van der Waals surface area contributed by atoms with Crippen molar-refractivity contribution in [3.05, 3.63) is 45.1 Å². The lowest BCUT2D eigenvalue weighted by atomic mass is 9.94. The second-order valence-corrected chi connectivity index (χ2v) is 6.00. The second kappa shape index (κ2) is 7.31. The van der Waals surface area contributed by atoms with Gasteiger partial charge < -0.3 is 15.4 Å². The highest BCUT2D eigenvalue weighted by atomic mass is 35.5. The van der Waals surface area contributed by atoms with Crippen molar-refractivity contribution in [1.29, 1.82) is 0 Å². The third-order valence-electron chi connectivity index (χ3n) is 3.35. The van der Waals surface area contributed by atoms with Crippen molar-refractivity contribution in [2.24, 2.45) is 0 Å². The monoisotopic (exact) mass is 358 g/mol. The molecule has 1 aliphatic rings. The minimum Gasteiger partial charge on any atom is -0.466 e. The number of hydrogen-bond donors (Lipinski definition) is 2. The first-order chi connectivity index (χ1) is 10.5. The smallest absolute Gasteiger partial charge is 0.337 e. The number of methoxy groups -OCH3 is 1. The zero-order chi connectivity index (χ0) is 16.3. The van der Waals surface area contributed by atoms with E-state index in [0.717, 1.165) is 12.1 Å². The van der Waals surface area contributed by atoms with Crippen molar-refractivity contribution in [3.63, 3.8) is 0 Å². The van der Waals surface area contributed by atoms with Crippen LogP contribution in [0.1, 0.15) is 31.4 Å². The van der Waals surface area contributed by atoms with Gasteiger partial charge in [-0.15, -0.1) is 0 Å². The molecular formula is C15H16Cl2N2O2S. The van der Waals surface area contributed by atoms with Crippen LogP contribution < -0.4 is 10.6 Å². The number of hydrogen-bond acceptors (Lipinski definition) is 3.